The molecular formula is C24H25N9. The number of pyridine rings is 1. The highest BCUT2D eigenvalue weighted by atomic mass is 15.6. The summed E-state index contributed by atoms with van der Waals surface area (Å²) in [4.78, 5) is 0. The van der Waals surface area contributed by atoms with Gasteiger partial charge < -0.3 is 0 Å². The highest BCUT2D eigenvalue weighted by molar-refractivity contribution is 5.83. The molecule has 9 nitrogen and oxygen atoms in total. The average molecular weight is 440 g/mol. The lowest BCUT2D eigenvalue weighted by Gasteiger charge is -2.25. The molecular weight excluding hydrogens is 414 g/mol. The van der Waals surface area contributed by atoms with Crippen LogP contribution in [-0.4, -0.2) is 40.2 Å². The number of fused-ring (bicyclic) bond motifs is 3. The molecule has 0 amide bonds. The van der Waals surface area contributed by atoms with E-state index in [0.717, 1.165) is 35.1 Å². The smallest absolute Gasteiger partial charge is 0.185 e. The molecule has 0 spiro atoms. The molecule has 1 atom stereocenters. The molecule has 3 heterocycles. The third kappa shape index (κ3) is 3.74. The van der Waals surface area contributed by atoms with Crippen LogP contribution in [0.4, 0.5) is 0 Å². The van der Waals surface area contributed by atoms with E-state index in [4.69, 9.17) is 0 Å². The van der Waals surface area contributed by atoms with Crippen LogP contribution in [0.5, 0.6) is 0 Å². The van der Waals surface area contributed by atoms with Gasteiger partial charge in [-0.3, -0.25) is 5.32 Å². The molecule has 0 aliphatic heterocycles. The van der Waals surface area contributed by atoms with Crippen LogP contribution in [0.15, 0.2) is 60.7 Å². The lowest BCUT2D eigenvalue weighted by molar-refractivity contribution is 0.310. The molecule has 3 aromatic heterocycles. The van der Waals surface area contributed by atoms with E-state index in [1.54, 1.807) is 4.52 Å². The Morgan fingerprint density at radius 3 is 2.55 bits per heavy atom. The highest BCUT2D eigenvalue weighted by Gasteiger charge is 2.29. The fraction of sp³-hybridized carbons (Fsp3) is 0.333. The molecule has 5 aromatic rings. The molecule has 2 aromatic carbocycles. The molecule has 1 unspecified atom stereocenters. The second-order valence-electron chi connectivity index (χ2n) is 8.65. The van der Waals surface area contributed by atoms with E-state index >= 15 is 0 Å². The van der Waals surface area contributed by atoms with Gasteiger partial charge in [-0.1, -0.05) is 67.8 Å². The van der Waals surface area contributed by atoms with E-state index in [1.807, 2.05) is 28.9 Å². The largest absolute Gasteiger partial charge is 0.299 e. The van der Waals surface area contributed by atoms with E-state index in [2.05, 4.69) is 72.8 Å². The normalized spacial score (nSPS) is 15.9. The zero-order valence-corrected chi connectivity index (χ0v) is 18.2. The lowest BCUT2D eigenvalue weighted by Crippen LogP contribution is -2.28. The van der Waals surface area contributed by atoms with Gasteiger partial charge in [-0.2, -0.15) is 4.52 Å². The van der Waals surface area contributed by atoms with Gasteiger partial charge in [0.25, 0.3) is 0 Å². The predicted molar refractivity (Wildman–Crippen MR) is 123 cm³/mol. The number of aromatic nitrogens is 8. The number of hydrogen-bond donors (Lipinski definition) is 1. The van der Waals surface area contributed by atoms with Gasteiger partial charge in [-0.25, -0.2) is 4.68 Å². The van der Waals surface area contributed by atoms with Crippen LogP contribution >= 0.6 is 0 Å². The van der Waals surface area contributed by atoms with Gasteiger partial charge in [0.05, 0.1) is 17.6 Å². The molecule has 0 bridgehead atoms. The monoisotopic (exact) mass is 439 g/mol. The van der Waals surface area contributed by atoms with Crippen molar-refractivity contribution in [2.75, 3.05) is 0 Å². The fourth-order valence-corrected chi connectivity index (χ4v) is 4.91. The first-order chi connectivity index (χ1) is 16.4. The van der Waals surface area contributed by atoms with E-state index in [0.29, 0.717) is 18.2 Å². The quantitative estimate of drug-likeness (QED) is 0.431. The first kappa shape index (κ1) is 19.9. The Hall–Kier alpha value is -3.72. The summed E-state index contributed by atoms with van der Waals surface area (Å²) in [5.41, 5.74) is 3.82. The molecule has 1 saturated carbocycles. The number of nitrogens with one attached hydrogen (secondary N) is 1. The topological polar surface area (TPSA) is 98.7 Å². The molecule has 1 aliphatic carbocycles. The Kier molecular flexibility index (Phi) is 5.23. The van der Waals surface area contributed by atoms with Gasteiger partial charge >= 0.3 is 0 Å². The van der Waals surface area contributed by atoms with E-state index in [9.17, 15) is 0 Å². The predicted octanol–water partition coefficient (Wildman–Crippen LogP) is 3.65. The Labute approximate surface area is 190 Å². The minimum atomic E-state index is -0.264. The van der Waals surface area contributed by atoms with Crippen LogP contribution in [0.3, 0.4) is 0 Å². The Morgan fingerprint density at radius 1 is 0.879 bits per heavy atom. The van der Waals surface area contributed by atoms with Crippen LogP contribution in [0.2, 0.25) is 0 Å². The van der Waals surface area contributed by atoms with E-state index < -0.39 is 0 Å². The van der Waals surface area contributed by atoms with Crippen LogP contribution < -0.4 is 5.32 Å². The van der Waals surface area contributed by atoms with Gasteiger partial charge in [0.15, 0.2) is 11.5 Å². The van der Waals surface area contributed by atoms with Crippen molar-refractivity contribution in [2.24, 2.45) is 0 Å². The van der Waals surface area contributed by atoms with Crippen molar-refractivity contribution >= 4 is 16.6 Å². The standard InChI is InChI=1S/C24H25N9/c1-3-9-17(10-4-1)16-25-22(24-27-29-30-32(24)19-12-5-2-6-13-19)20-15-18-11-7-8-14-21(18)33-23(20)26-28-31-33/h1,3-4,7-11,14-15,19,22,25H,2,5-6,12-13,16H2. The van der Waals surface area contributed by atoms with Gasteiger partial charge in [-0.15, -0.1) is 10.2 Å². The van der Waals surface area contributed by atoms with Gasteiger partial charge in [0, 0.05) is 17.5 Å². The maximum Gasteiger partial charge on any atom is 0.185 e. The number of para-hydroxylation sites is 1. The first-order valence-corrected chi connectivity index (χ1v) is 11.5. The minimum absolute atomic E-state index is 0.264. The molecule has 1 fully saturated rings. The van der Waals surface area contributed by atoms with Gasteiger partial charge in [0.1, 0.15) is 0 Å². The molecule has 1 aliphatic rings. The number of rotatable bonds is 6. The molecule has 166 valence electrons. The fourth-order valence-electron chi connectivity index (χ4n) is 4.91. The van der Waals surface area contributed by atoms with Crippen molar-refractivity contribution < 1.29 is 0 Å². The summed E-state index contributed by atoms with van der Waals surface area (Å²) < 4.78 is 3.83. The van der Waals surface area contributed by atoms with Crippen molar-refractivity contribution in [3.05, 3.63) is 77.6 Å². The maximum absolute atomic E-state index is 4.51. The van der Waals surface area contributed by atoms with Crippen molar-refractivity contribution in [3.63, 3.8) is 0 Å². The Morgan fingerprint density at radius 2 is 1.67 bits per heavy atom. The summed E-state index contributed by atoms with van der Waals surface area (Å²) in [5.74, 6) is 0.804. The van der Waals surface area contributed by atoms with Crippen molar-refractivity contribution in [3.8, 4) is 0 Å². The molecule has 0 radical (unpaired) electrons. The Balaban J connectivity index is 1.48. The third-order valence-corrected chi connectivity index (χ3v) is 6.56. The molecule has 33 heavy (non-hydrogen) atoms. The van der Waals surface area contributed by atoms with Crippen molar-refractivity contribution in [2.45, 2.75) is 50.7 Å². The van der Waals surface area contributed by atoms with Gasteiger partial charge in [-0.05, 0) is 51.4 Å². The van der Waals surface area contributed by atoms with E-state index in [1.165, 1.54) is 24.8 Å². The SMILES string of the molecule is c1ccc(CNC(c2cc3ccccc3n3nnnc23)c2nnnn2C2CCCCC2)cc1. The zero-order chi connectivity index (χ0) is 22.0. The second kappa shape index (κ2) is 8.67. The number of nitrogens with zero attached hydrogens (tertiary/aromatic N) is 8. The summed E-state index contributed by atoms with van der Waals surface area (Å²) in [6, 6.07) is 20.7. The van der Waals surface area contributed by atoms with E-state index in [-0.39, 0.29) is 6.04 Å². The van der Waals surface area contributed by atoms with Gasteiger partial charge in [0.2, 0.25) is 0 Å². The average Bonchev–Trinajstić information content (AvgIpc) is 3.56. The van der Waals surface area contributed by atoms with Crippen LogP contribution in [0.25, 0.3) is 16.6 Å². The molecule has 1 N–H and O–H groups in total. The summed E-state index contributed by atoms with van der Waals surface area (Å²) in [7, 11) is 0. The Bertz CT molecular complexity index is 1370. The highest BCUT2D eigenvalue weighted by Crippen LogP contribution is 2.32. The lowest BCUT2D eigenvalue weighted by atomic mass is 9.95. The summed E-state index contributed by atoms with van der Waals surface area (Å²) >= 11 is 0. The molecule has 0 saturated heterocycles. The number of tetrazole rings is 2. The number of benzene rings is 2. The summed E-state index contributed by atoms with van der Waals surface area (Å²) in [6.45, 7) is 0.670. The zero-order valence-electron chi connectivity index (χ0n) is 18.2. The van der Waals surface area contributed by atoms with Crippen LogP contribution in [0, 0.1) is 0 Å². The maximum atomic E-state index is 4.51. The molecule has 6 rings (SSSR count). The van der Waals surface area contributed by atoms with Crippen LogP contribution in [-0.2, 0) is 6.54 Å². The third-order valence-electron chi connectivity index (χ3n) is 6.56. The second-order valence-corrected chi connectivity index (χ2v) is 8.65. The minimum Gasteiger partial charge on any atom is -0.299 e. The molecule has 9 heteroatoms. The van der Waals surface area contributed by atoms with Crippen molar-refractivity contribution in [1.82, 2.24) is 45.6 Å². The number of hydrogen-bond acceptors (Lipinski definition) is 7. The summed E-state index contributed by atoms with van der Waals surface area (Å²) in [6.07, 6.45) is 5.90. The first-order valence-electron chi connectivity index (χ1n) is 11.5. The summed E-state index contributed by atoms with van der Waals surface area (Å²) in [5, 5.41) is 30.4. The van der Waals surface area contributed by atoms with Crippen molar-refractivity contribution in [1.29, 1.82) is 0 Å². The van der Waals surface area contributed by atoms with Crippen LogP contribution in [0.1, 0.15) is 61.1 Å².